The third kappa shape index (κ3) is 2.89. The van der Waals surface area contributed by atoms with Crippen LogP contribution in [0, 0.1) is 25.2 Å². The molecule has 0 aromatic heterocycles. The highest BCUT2D eigenvalue weighted by Gasteiger charge is 2.17. The van der Waals surface area contributed by atoms with E-state index in [1.807, 2.05) is 26.0 Å². The summed E-state index contributed by atoms with van der Waals surface area (Å²) < 4.78 is 4.66. The van der Waals surface area contributed by atoms with Crippen molar-refractivity contribution in [3.8, 4) is 6.07 Å². The topological polar surface area (TPSA) is 70.3 Å². The van der Waals surface area contributed by atoms with Crippen molar-refractivity contribution in [2.45, 2.75) is 20.8 Å². The Kier molecular flexibility index (Phi) is 4.50. The van der Waals surface area contributed by atoms with Crippen molar-refractivity contribution in [3.63, 3.8) is 0 Å². The maximum Gasteiger partial charge on any atom is 0.374 e. The van der Waals surface area contributed by atoms with Gasteiger partial charge in [0.25, 0.3) is 0 Å². The molecule has 0 saturated heterocycles. The van der Waals surface area contributed by atoms with Crippen LogP contribution in [0.1, 0.15) is 23.6 Å². The van der Waals surface area contributed by atoms with E-state index in [-0.39, 0.29) is 12.2 Å². The zero-order valence-electron chi connectivity index (χ0n) is 10.7. The van der Waals surface area contributed by atoms with E-state index in [2.05, 4.69) is 4.74 Å². The molecule has 4 heteroatoms. The van der Waals surface area contributed by atoms with Gasteiger partial charge in [-0.05, 0) is 37.5 Å². The van der Waals surface area contributed by atoms with E-state index in [9.17, 15) is 9.90 Å². The van der Waals surface area contributed by atoms with Gasteiger partial charge in [0.15, 0.2) is 0 Å². The molecule has 94 valence electrons. The van der Waals surface area contributed by atoms with Crippen LogP contribution in [-0.2, 0) is 9.53 Å². The Morgan fingerprint density at radius 1 is 1.39 bits per heavy atom. The SMILES string of the molecule is CCOC(=O)/C(O)=C(/C#N)c1ccc(C)c(C)c1. The summed E-state index contributed by atoms with van der Waals surface area (Å²) >= 11 is 0. The summed E-state index contributed by atoms with van der Waals surface area (Å²) in [6.45, 7) is 5.62. The summed E-state index contributed by atoms with van der Waals surface area (Å²) in [5.74, 6) is -1.53. The minimum Gasteiger partial charge on any atom is -0.501 e. The van der Waals surface area contributed by atoms with Crippen LogP contribution in [-0.4, -0.2) is 17.7 Å². The number of nitriles is 1. The molecule has 0 saturated carbocycles. The Morgan fingerprint density at radius 3 is 2.56 bits per heavy atom. The number of carbonyl (C=O) groups excluding carboxylic acids is 1. The van der Waals surface area contributed by atoms with Crippen LogP contribution in [0.5, 0.6) is 0 Å². The molecule has 0 unspecified atom stereocenters. The van der Waals surface area contributed by atoms with E-state index in [1.165, 1.54) is 0 Å². The monoisotopic (exact) mass is 245 g/mol. The van der Waals surface area contributed by atoms with Crippen molar-refractivity contribution in [3.05, 3.63) is 40.6 Å². The average Bonchev–Trinajstić information content (AvgIpc) is 2.34. The number of aliphatic hydroxyl groups excluding tert-OH is 1. The molecule has 1 rings (SSSR count). The van der Waals surface area contributed by atoms with Gasteiger partial charge >= 0.3 is 5.97 Å². The van der Waals surface area contributed by atoms with Crippen molar-refractivity contribution < 1.29 is 14.6 Å². The molecule has 0 aliphatic carbocycles. The first-order chi connectivity index (χ1) is 8.51. The maximum absolute atomic E-state index is 11.4. The second-order valence-corrected chi connectivity index (χ2v) is 3.85. The van der Waals surface area contributed by atoms with Crippen molar-refractivity contribution in [1.82, 2.24) is 0 Å². The van der Waals surface area contributed by atoms with Crippen LogP contribution in [0.15, 0.2) is 24.0 Å². The number of carbonyl (C=O) groups is 1. The van der Waals surface area contributed by atoms with Gasteiger partial charge in [-0.3, -0.25) is 0 Å². The Morgan fingerprint density at radius 2 is 2.06 bits per heavy atom. The molecular weight excluding hydrogens is 230 g/mol. The molecule has 0 amide bonds. The van der Waals surface area contributed by atoms with Crippen LogP contribution in [0.4, 0.5) is 0 Å². The molecule has 1 aromatic carbocycles. The lowest BCUT2D eigenvalue weighted by molar-refractivity contribution is -0.141. The molecule has 0 aliphatic rings. The Hall–Kier alpha value is -2.28. The minimum absolute atomic E-state index is 0.0726. The van der Waals surface area contributed by atoms with Gasteiger partial charge in [-0.25, -0.2) is 4.79 Å². The van der Waals surface area contributed by atoms with Crippen molar-refractivity contribution in [1.29, 1.82) is 5.26 Å². The van der Waals surface area contributed by atoms with Gasteiger partial charge in [-0.15, -0.1) is 0 Å². The standard InChI is InChI=1S/C14H15NO3/c1-4-18-14(17)13(16)12(8-15)11-6-5-9(2)10(3)7-11/h5-7,16H,4H2,1-3H3/b13-12+. The summed E-state index contributed by atoms with van der Waals surface area (Å²) in [7, 11) is 0. The molecule has 1 N–H and O–H groups in total. The van der Waals surface area contributed by atoms with Crippen molar-refractivity contribution >= 4 is 11.5 Å². The molecule has 1 aromatic rings. The number of esters is 1. The molecule has 4 nitrogen and oxygen atoms in total. The summed E-state index contributed by atoms with van der Waals surface area (Å²) in [4.78, 5) is 11.4. The van der Waals surface area contributed by atoms with E-state index in [0.717, 1.165) is 11.1 Å². The highest BCUT2D eigenvalue weighted by atomic mass is 16.5. The van der Waals surface area contributed by atoms with E-state index in [4.69, 9.17) is 5.26 Å². The fourth-order valence-corrected chi connectivity index (χ4v) is 1.45. The summed E-state index contributed by atoms with van der Waals surface area (Å²) in [6.07, 6.45) is 0. The van der Waals surface area contributed by atoms with Gasteiger partial charge in [-0.1, -0.05) is 18.2 Å². The quantitative estimate of drug-likeness (QED) is 0.384. The van der Waals surface area contributed by atoms with Crippen LogP contribution in [0.25, 0.3) is 5.57 Å². The fraction of sp³-hybridized carbons (Fsp3) is 0.286. The molecule has 0 radical (unpaired) electrons. The Bertz CT molecular complexity index is 538. The molecule has 0 aliphatic heterocycles. The minimum atomic E-state index is -0.882. The molecule has 0 heterocycles. The third-order valence-corrected chi connectivity index (χ3v) is 2.61. The number of benzene rings is 1. The van der Waals surface area contributed by atoms with Gasteiger partial charge in [0, 0.05) is 0 Å². The largest absolute Gasteiger partial charge is 0.501 e. The first-order valence-corrected chi connectivity index (χ1v) is 5.59. The second-order valence-electron chi connectivity index (χ2n) is 3.85. The van der Waals surface area contributed by atoms with Crippen LogP contribution < -0.4 is 0 Å². The number of nitrogens with zero attached hydrogens (tertiary/aromatic N) is 1. The summed E-state index contributed by atoms with van der Waals surface area (Å²) in [5.41, 5.74) is 2.49. The average molecular weight is 245 g/mol. The first-order valence-electron chi connectivity index (χ1n) is 5.59. The van der Waals surface area contributed by atoms with Gasteiger partial charge in [-0.2, -0.15) is 5.26 Å². The highest BCUT2D eigenvalue weighted by Crippen LogP contribution is 2.20. The lowest BCUT2D eigenvalue weighted by Gasteiger charge is -2.06. The normalized spacial score (nSPS) is 11.4. The number of rotatable bonds is 3. The predicted octanol–water partition coefficient (Wildman–Crippen LogP) is 2.66. The number of allylic oxidation sites excluding steroid dienone is 1. The van der Waals surface area contributed by atoms with Gasteiger partial charge < -0.3 is 9.84 Å². The van der Waals surface area contributed by atoms with Gasteiger partial charge in [0.1, 0.15) is 11.6 Å². The molecular formula is C14H15NO3. The number of hydrogen-bond acceptors (Lipinski definition) is 4. The predicted molar refractivity (Wildman–Crippen MR) is 67.7 cm³/mol. The zero-order valence-corrected chi connectivity index (χ0v) is 10.7. The molecule has 0 spiro atoms. The number of ether oxygens (including phenoxy) is 1. The molecule has 0 atom stereocenters. The smallest absolute Gasteiger partial charge is 0.374 e. The van der Waals surface area contributed by atoms with Crippen LogP contribution in [0.2, 0.25) is 0 Å². The highest BCUT2D eigenvalue weighted by molar-refractivity contribution is 5.98. The molecule has 0 fully saturated rings. The second kappa shape index (κ2) is 5.87. The van der Waals surface area contributed by atoms with Crippen molar-refractivity contribution in [2.75, 3.05) is 6.61 Å². The number of aryl methyl sites for hydroxylation is 2. The van der Waals surface area contributed by atoms with E-state index >= 15 is 0 Å². The summed E-state index contributed by atoms with van der Waals surface area (Å²) in [6, 6.07) is 7.11. The van der Waals surface area contributed by atoms with Gasteiger partial charge in [0.05, 0.1) is 6.61 Å². The molecule has 18 heavy (non-hydrogen) atoms. The summed E-state index contributed by atoms with van der Waals surface area (Å²) in [5, 5.41) is 18.8. The first kappa shape index (κ1) is 13.8. The maximum atomic E-state index is 11.4. The number of hydrogen-bond donors (Lipinski definition) is 1. The lowest BCUT2D eigenvalue weighted by Crippen LogP contribution is -2.09. The van der Waals surface area contributed by atoms with Gasteiger partial charge in [0.2, 0.25) is 5.76 Å². The van der Waals surface area contributed by atoms with E-state index in [0.29, 0.717) is 5.56 Å². The van der Waals surface area contributed by atoms with E-state index < -0.39 is 11.7 Å². The molecule has 0 bridgehead atoms. The Balaban J connectivity index is 3.25. The van der Waals surface area contributed by atoms with Crippen LogP contribution in [0.3, 0.4) is 0 Å². The van der Waals surface area contributed by atoms with E-state index in [1.54, 1.807) is 19.1 Å². The third-order valence-electron chi connectivity index (χ3n) is 2.61. The fourth-order valence-electron chi connectivity index (χ4n) is 1.45. The Labute approximate surface area is 106 Å². The lowest BCUT2D eigenvalue weighted by atomic mass is 10.0. The van der Waals surface area contributed by atoms with Crippen LogP contribution >= 0.6 is 0 Å². The number of aliphatic hydroxyl groups is 1. The zero-order chi connectivity index (χ0) is 13.7. The van der Waals surface area contributed by atoms with Crippen molar-refractivity contribution in [2.24, 2.45) is 0 Å².